The zero-order valence-corrected chi connectivity index (χ0v) is 9.17. The molecule has 1 aromatic rings. The van der Waals surface area contributed by atoms with E-state index in [1.165, 1.54) is 5.69 Å². The van der Waals surface area contributed by atoms with Crippen molar-refractivity contribution in [1.29, 1.82) is 0 Å². The van der Waals surface area contributed by atoms with Gasteiger partial charge in [0.2, 0.25) is 0 Å². The van der Waals surface area contributed by atoms with Crippen molar-refractivity contribution >= 4 is 11.6 Å². The number of hydrogen-bond acceptors (Lipinski definition) is 2. The van der Waals surface area contributed by atoms with Crippen molar-refractivity contribution in [1.82, 2.24) is 14.7 Å². The summed E-state index contributed by atoms with van der Waals surface area (Å²) in [5.74, 6) is 0.549. The van der Waals surface area contributed by atoms with Crippen molar-refractivity contribution in [2.45, 2.75) is 19.3 Å². The Bertz CT molecular complexity index is 268. The molecule has 74 valence electrons. The van der Waals surface area contributed by atoms with Gasteiger partial charge in [-0.2, -0.15) is 5.10 Å². The molecule has 1 aromatic heterocycles. The number of alkyl halides is 1. The molecule has 0 aromatic carbocycles. The molecule has 4 heteroatoms. The van der Waals surface area contributed by atoms with Gasteiger partial charge in [-0.1, -0.05) is 0 Å². The Labute approximate surface area is 84.3 Å². The van der Waals surface area contributed by atoms with Gasteiger partial charge in [-0.15, -0.1) is 11.6 Å². The van der Waals surface area contributed by atoms with Crippen LogP contribution in [0.5, 0.6) is 0 Å². The molecule has 1 rings (SSSR count). The molecule has 0 aliphatic heterocycles. The summed E-state index contributed by atoms with van der Waals surface area (Å²) in [5.41, 5.74) is 2.30. The van der Waals surface area contributed by atoms with Gasteiger partial charge in [-0.3, -0.25) is 4.68 Å². The SMILES string of the molecule is Cc1c(CCl)cnn1CCN(C)C. The van der Waals surface area contributed by atoms with Crippen LogP contribution >= 0.6 is 11.6 Å². The van der Waals surface area contributed by atoms with E-state index in [2.05, 4.69) is 31.0 Å². The van der Waals surface area contributed by atoms with Crippen molar-refractivity contribution in [2.75, 3.05) is 20.6 Å². The summed E-state index contributed by atoms with van der Waals surface area (Å²) < 4.78 is 2.00. The van der Waals surface area contributed by atoms with Crippen LogP contribution in [0.2, 0.25) is 0 Å². The van der Waals surface area contributed by atoms with Crippen molar-refractivity contribution in [2.24, 2.45) is 0 Å². The second-order valence-electron chi connectivity index (χ2n) is 3.42. The summed E-state index contributed by atoms with van der Waals surface area (Å²) in [6.45, 7) is 3.99. The average molecular weight is 202 g/mol. The van der Waals surface area contributed by atoms with E-state index in [1.807, 2.05) is 10.9 Å². The third kappa shape index (κ3) is 2.71. The molecule has 0 bridgehead atoms. The number of halogens is 1. The first-order valence-electron chi connectivity index (χ1n) is 4.37. The lowest BCUT2D eigenvalue weighted by Gasteiger charge is -2.10. The summed E-state index contributed by atoms with van der Waals surface area (Å²) in [6, 6.07) is 0. The van der Waals surface area contributed by atoms with Crippen LogP contribution < -0.4 is 0 Å². The second-order valence-corrected chi connectivity index (χ2v) is 3.68. The predicted octanol–water partition coefficient (Wildman–Crippen LogP) is 1.49. The number of nitrogens with zero attached hydrogens (tertiary/aromatic N) is 3. The van der Waals surface area contributed by atoms with Crippen LogP contribution in [0.15, 0.2) is 6.20 Å². The number of likely N-dealkylation sites (N-methyl/N-ethyl adjacent to an activating group) is 1. The van der Waals surface area contributed by atoms with Crippen LogP contribution in [-0.4, -0.2) is 35.3 Å². The molecule has 0 N–H and O–H groups in total. The standard InChI is InChI=1S/C9H16ClN3/c1-8-9(6-10)7-11-13(8)5-4-12(2)3/h7H,4-6H2,1-3H3. The van der Waals surface area contributed by atoms with Crippen LogP contribution in [-0.2, 0) is 12.4 Å². The van der Waals surface area contributed by atoms with Crippen molar-refractivity contribution in [3.63, 3.8) is 0 Å². The highest BCUT2D eigenvalue weighted by molar-refractivity contribution is 6.17. The molecule has 0 atom stereocenters. The van der Waals surface area contributed by atoms with Gasteiger partial charge < -0.3 is 4.90 Å². The normalized spacial score (nSPS) is 11.2. The molecule has 0 radical (unpaired) electrons. The maximum Gasteiger partial charge on any atom is 0.0539 e. The zero-order chi connectivity index (χ0) is 9.84. The molecule has 3 nitrogen and oxygen atoms in total. The first-order valence-corrected chi connectivity index (χ1v) is 4.90. The molecule has 0 aliphatic carbocycles. The third-order valence-corrected chi connectivity index (χ3v) is 2.40. The van der Waals surface area contributed by atoms with Crippen molar-refractivity contribution in [3.05, 3.63) is 17.5 Å². The summed E-state index contributed by atoms with van der Waals surface area (Å²) in [5, 5.41) is 4.26. The van der Waals surface area contributed by atoms with E-state index in [0.29, 0.717) is 5.88 Å². The lowest BCUT2D eigenvalue weighted by atomic mass is 10.3. The fourth-order valence-corrected chi connectivity index (χ4v) is 1.40. The average Bonchev–Trinajstić information content (AvgIpc) is 2.43. The molecular weight excluding hydrogens is 186 g/mol. The first-order chi connectivity index (χ1) is 6.15. The smallest absolute Gasteiger partial charge is 0.0539 e. The Hall–Kier alpha value is -0.540. The highest BCUT2D eigenvalue weighted by Crippen LogP contribution is 2.09. The minimum atomic E-state index is 0.549. The second kappa shape index (κ2) is 4.63. The monoisotopic (exact) mass is 201 g/mol. The third-order valence-electron chi connectivity index (χ3n) is 2.11. The Kier molecular flexibility index (Phi) is 3.75. The predicted molar refractivity (Wildman–Crippen MR) is 55.1 cm³/mol. The fourth-order valence-electron chi connectivity index (χ4n) is 1.14. The van der Waals surface area contributed by atoms with Gasteiger partial charge in [-0.25, -0.2) is 0 Å². The lowest BCUT2D eigenvalue weighted by molar-refractivity contribution is 0.371. The molecule has 1 heterocycles. The van der Waals surface area contributed by atoms with Crippen LogP contribution in [0, 0.1) is 6.92 Å². The zero-order valence-electron chi connectivity index (χ0n) is 8.42. The van der Waals surface area contributed by atoms with Crippen LogP contribution in [0.1, 0.15) is 11.3 Å². The van der Waals surface area contributed by atoms with Crippen LogP contribution in [0.4, 0.5) is 0 Å². The molecule has 0 amide bonds. The Morgan fingerprint density at radius 2 is 2.23 bits per heavy atom. The first kappa shape index (κ1) is 10.5. The van der Waals surface area contributed by atoms with Gasteiger partial charge in [0, 0.05) is 17.8 Å². The maximum atomic E-state index is 5.74. The molecule has 13 heavy (non-hydrogen) atoms. The van der Waals surface area contributed by atoms with E-state index < -0.39 is 0 Å². The lowest BCUT2D eigenvalue weighted by Crippen LogP contribution is -2.19. The van der Waals surface area contributed by atoms with Gasteiger partial charge in [-0.05, 0) is 21.0 Å². The van der Waals surface area contributed by atoms with E-state index >= 15 is 0 Å². The summed E-state index contributed by atoms with van der Waals surface area (Å²) >= 11 is 5.74. The van der Waals surface area contributed by atoms with E-state index in [-0.39, 0.29) is 0 Å². The molecular formula is C9H16ClN3. The van der Waals surface area contributed by atoms with Crippen LogP contribution in [0.25, 0.3) is 0 Å². The Balaban J connectivity index is 2.62. The molecule has 0 saturated carbocycles. The van der Waals surface area contributed by atoms with E-state index in [4.69, 9.17) is 11.6 Å². The maximum absolute atomic E-state index is 5.74. The Morgan fingerprint density at radius 1 is 1.54 bits per heavy atom. The highest BCUT2D eigenvalue weighted by atomic mass is 35.5. The molecule has 0 unspecified atom stereocenters. The van der Waals surface area contributed by atoms with E-state index in [9.17, 15) is 0 Å². The number of aromatic nitrogens is 2. The number of rotatable bonds is 4. The van der Waals surface area contributed by atoms with Gasteiger partial charge in [0.05, 0.1) is 18.6 Å². The van der Waals surface area contributed by atoms with Crippen molar-refractivity contribution < 1.29 is 0 Å². The van der Waals surface area contributed by atoms with Gasteiger partial charge >= 0.3 is 0 Å². The largest absolute Gasteiger partial charge is 0.308 e. The van der Waals surface area contributed by atoms with Gasteiger partial charge in [0.25, 0.3) is 0 Å². The molecule has 0 aliphatic rings. The minimum Gasteiger partial charge on any atom is -0.308 e. The van der Waals surface area contributed by atoms with E-state index in [1.54, 1.807) is 0 Å². The van der Waals surface area contributed by atoms with Crippen molar-refractivity contribution in [3.8, 4) is 0 Å². The minimum absolute atomic E-state index is 0.549. The van der Waals surface area contributed by atoms with E-state index in [0.717, 1.165) is 18.7 Å². The molecule has 0 saturated heterocycles. The fraction of sp³-hybridized carbons (Fsp3) is 0.667. The quantitative estimate of drug-likeness (QED) is 0.689. The highest BCUT2D eigenvalue weighted by Gasteiger charge is 2.04. The topological polar surface area (TPSA) is 21.1 Å². The van der Waals surface area contributed by atoms with Crippen LogP contribution in [0.3, 0.4) is 0 Å². The summed E-state index contributed by atoms with van der Waals surface area (Å²) in [6.07, 6.45) is 1.85. The van der Waals surface area contributed by atoms with Gasteiger partial charge in [0.15, 0.2) is 0 Å². The molecule has 0 spiro atoms. The number of hydrogen-bond donors (Lipinski definition) is 0. The summed E-state index contributed by atoms with van der Waals surface area (Å²) in [4.78, 5) is 2.14. The molecule has 0 fully saturated rings. The summed E-state index contributed by atoms with van der Waals surface area (Å²) in [7, 11) is 4.11. The Morgan fingerprint density at radius 3 is 2.69 bits per heavy atom. The van der Waals surface area contributed by atoms with Gasteiger partial charge in [0.1, 0.15) is 0 Å².